The van der Waals surface area contributed by atoms with Crippen molar-refractivity contribution in [3.8, 4) is 28.4 Å². The van der Waals surface area contributed by atoms with Crippen molar-refractivity contribution in [2.75, 3.05) is 6.61 Å². The molecule has 0 amide bonds. The number of aliphatic hydroxyl groups is 6. The maximum absolute atomic E-state index is 13.0. The van der Waals surface area contributed by atoms with Crippen LogP contribution in [-0.2, 0) is 14.2 Å². The van der Waals surface area contributed by atoms with E-state index in [4.69, 9.17) is 23.4 Å². The molecule has 3 heterocycles. The number of benzene rings is 2. The van der Waals surface area contributed by atoms with Crippen LogP contribution in [0.2, 0.25) is 0 Å². The minimum absolute atomic E-state index is 0.000592. The van der Waals surface area contributed by atoms with Gasteiger partial charge in [0.1, 0.15) is 71.1 Å². The first-order valence-electron chi connectivity index (χ1n) is 12.7. The number of phenols is 2. The van der Waals surface area contributed by atoms with Gasteiger partial charge in [-0.2, -0.15) is 0 Å². The van der Waals surface area contributed by atoms with Crippen LogP contribution in [0.3, 0.4) is 0 Å². The molecule has 10 atom stereocenters. The third-order valence-corrected chi connectivity index (χ3v) is 7.18. The SMILES string of the molecule is C[C@H]1O[C@H](O[C@@H]2[C@@H](Oc3ccc(-c4coc5cc(O)cc(O)c5c4=O)cc3)O[C@@H](CO)[C@H](O)[C@H]2O)[C@@H](O)[C@@H](O)[C@@H]1O. The summed E-state index contributed by atoms with van der Waals surface area (Å²) in [5, 5.41) is 80.9. The molecule has 8 N–H and O–H groups in total. The summed E-state index contributed by atoms with van der Waals surface area (Å²) in [7, 11) is 0. The molecule has 2 aliphatic heterocycles. The molecule has 0 spiro atoms. The normalized spacial score (nSPS) is 34.0. The molecule has 0 bridgehead atoms. The molecule has 1 aromatic heterocycles. The molecule has 2 saturated heterocycles. The third kappa shape index (κ3) is 5.49. The highest BCUT2D eigenvalue weighted by Crippen LogP contribution is 2.32. The molecule has 14 heteroatoms. The topological polar surface area (TPSA) is 229 Å². The van der Waals surface area contributed by atoms with Crippen LogP contribution in [0.4, 0.5) is 0 Å². The van der Waals surface area contributed by atoms with Crippen molar-refractivity contribution in [3.05, 3.63) is 52.9 Å². The van der Waals surface area contributed by atoms with Gasteiger partial charge in [-0.05, 0) is 24.6 Å². The second-order valence-corrected chi connectivity index (χ2v) is 9.95. The van der Waals surface area contributed by atoms with Gasteiger partial charge < -0.3 is 64.2 Å². The van der Waals surface area contributed by atoms with Crippen LogP contribution >= 0.6 is 0 Å². The van der Waals surface area contributed by atoms with E-state index in [0.717, 1.165) is 6.07 Å². The van der Waals surface area contributed by atoms with Crippen LogP contribution in [0, 0.1) is 0 Å². The summed E-state index contributed by atoms with van der Waals surface area (Å²) in [4.78, 5) is 13.0. The Morgan fingerprint density at radius 3 is 2.24 bits per heavy atom. The Morgan fingerprint density at radius 1 is 0.854 bits per heavy atom. The van der Waals surface area contributed by atoms with E-state index >= 15 is 0 Å². The van der Waals surface area contributed by atoms with Gasteiger partial charge in [0.2, 0.25) is 11.7 Å². The van der Waals surface area contributed by atoms with Crippen molar-refractivity contribution < 1.29 is 64.2 Å². The lowest BCUT2D eigenvalue weighted by Crippen LogP contribution is -2.64. The van der Waals surface area contributed by atoms with Crippen LogP contribution in [0.15, 0.2) is 51.9 Å². The second-order valence-electron chi connectivity index (χ2n) is 9.95. The van der Waals surface area contributed by atoms with E-state index in [1.807, 2.05) is 0 Å². The minimum Gasteiger partial charge on any atom is -0.508 e. The molecule has 222 valence electrons. The predicted octanol–water partition coefficient (Wildman–Crippen LogP) is -1.10. The largest absolute Gasteiger partial charge is 0.508 e. The highest BCUT2D eigenvalue weighted by molar-refractivity contribution is 5.88. The second kappa shape index (κ2) is 11.5. The molecule has 0 saturated carbocycles. The highest BCUT2D eigenvalue weighted by Gasteiger charge is 2.50. The first-order chi connectivity index (χ1) is 19.5. The summed E-state index contributed by atoms with van der Waals surface area (Å²) in [5.41, 5.74) is -0.0459. The smallest absolute Gasteiger partial charge is 0.229 e. The summed E-state index contributed by atoms with van der Waals surface area (Å²) >= 11 is 0. The predicted molar refractivity (Wildman–Crippen MR) is 137 cm³/mol. The van der Waals surface area contributed by atoms with Gasteiger partial charge in [-0.15, -0.1) is 0 Å². The van der Waals surface area contributed by atoms with Crippen molar-refractivity contribution >= 4 is 11.0 Å². The van der Waals surface area contributed by atoms with Crippen molar-refractivity contribution in [3.63, 3.8) is 0 Å². The first-order valence-corrected chi connectivity index (χ1v) is 12.7. The number of rotatable bonds is 6. The Hall–Kier alpha value is -3.31. The van der Waals surface area contributed by atoms with Gasteiger partial charge >= 0.3 is 0 Å². The van der Waals surface area contributed by atoms with E-state index in [1.54, 1.807) is 0 Å². The maximum Gasteiger partial charge on any atom is 0.229 e. The number of aromatic hydroxyl groups is 2. The fourth-order valence-corrected chi connectivity index (χ4v) is 4.84. The lowest BCUT2D eigenvalue weighted by Gasteiger charge is -2.45. The van der Waals surface area contributed by atoms with E-state index in [9.17, 15) is 45.6 Å². The summed E-state index contributed by atoms with van der Waals surface area (Å²) in [6.07, 6.45) is -13.5. The molecule has 0 radical (unpaired) electrons. The van der Waals surface area contributed by atoms with E-state index in [1.165, 1.54) is 43.5 Å². The van der Waals surface area contributed by atoms with Crippen LogP contribution in [0.5, 0.6) is 17.2 Å². The molecule has 3 aromatic rings. The van der Waals surface area contributed by atoms with Gasteiger partial charge in [0.15, 0.2) is 12.4 Å². The first kappa shape index (κ1) is 29.2. The minimum atomic E-state index is -1.71. The molecule has 5 rings (SSSR count). The van der Waals surface area contributed by atoms with E-state index in [2.05, 4.69) is 0 Å². The molecular weight excluding hydrogens is 548 g/mol. The highest BCUT2D eigenvalue weighted by atomic mass is 16.8. The molecule has 2 aliphatic rings. The fourth-order valence-electron chi connectivity index (χ4n) is 4.84. The number of hydrogen-bond acceptors (Lipinski definition) is 14. The Labute approximate surface area is 231 Å². The maximum atomic E-state index is 13.0. The summed E-state index contributed by atoms with van der Waals surface area (Å²) in [6.45, 7) is 0.772. The third-order valence-electron chi connectivity index (χ3n) is 7.18. The van der Waals surface area contributed by atoms with Crippen molar-refractivity contribution in [1.29, 1.82) is 0 Å². The summed E-state index contributed by atoms with van der Waals surface area (Å²) in [6, 6.07) is 8.14. The van der Waals surface area contributed by atoms with Crippen LogP contribution in [0.25, 0.3) is 22.1 Å². The van der Waals surface area contributed by atoms with Gasteiger partial charge in [-0.1, -0.05) is 12.1 Å². The van der Waals surface area contributed by atoms with Crippen LogP contribution in [0.1, 0.15) is 6.92 Å². The lowest BCUT2D eigenvalue weighted by atomic mass is 9.97. The van der Waals surface area contributed by atoms with Gasteiger partial charge in [0.05, 0.1) is 18.3 Å². The summed E-state index contributed by atoms with van der Waals surface area (Å²) in [5.74, 6) is -0.563. The standard InChI is InChI=1S/C27H30O14/c1-10-19(31)22(34)24(36)26(38-10)41-25-23(35)21(33)17(8-28)40-27(25)39-13-4-2-11(3-5-13)14-9-37-16-7-12(29)6-15(30)18(16)20(14)32/h2-7,9-10,17,19,21-31,33-36H,8H2,1H3/t10-,17+,19-,21+,22+,23-,24+,25+,26-,27+/m1/s1. The van der Waals surface area contributed by atoms with Crippen molar-refractivity contribution in [2.45, 2.75) is 68.3 Å². The van der Waals surface area contributed by atoms with Gasteiger partial charge in [0, 0.05) is 12.1 Å². The Kier molecular flexibility index (Phi) is 8.20. The molecular formula is C27H30O14. The number of aliphatic hydroxyl groups excluding tert-OH is 6. The Balaban J connectivity index is 1.39. The zero-order chi connectivity index (χ0) is 29.6. The lowest BCUT2D eigenvalue weighted by molar-refractivity contribution is -0.354. The molecule has 0 unspecified atom stereocenters. The molecule has 2 fully saturated rings. The van der Waals surface area contributed by atoms with E-state index < -0.39 is 79.2 Å². The fraction of sp³-hybridized carbons (Fsp3) is 0.444. The van der Waals surface area contributed by atoms with Crippen molar-refractivity contribution in [1.82, 2.24) is 0 Å². The van der Waals surface area contributed by atoms with Gasteiger partial charge in [0.25, 0.3) is 0 Å². The van der Waals surface area contributed by atoms with Gasteiger partial charge in [-0.25, -0.2) is 0 Å². The van der Waals surface area contributed by atoms with Crippen LogP contribution in [-0.4, -0.2) is 109 Å². The van der Waals surface area contributed by atoms with Gasteiger partial charge in [-0.3, -0.25) is 4.79 Å². The van der Waals surface area contributed by atoms with Crippen LogP contribution < -0.4 is 10.2 Å². The molecule has 14 nitrogen and oxygen atoms in total. The average molecular weight is 579 g/mol. The summed E-state index contributed by atoms with van der Waals surface area (Å²) < 4.78 is 28.0. The number of ether oxygens (including phenoxy) is 4. The zero-order valence-electron chi connectivity index (χ0n) is 21.5. The Bertz CT molecular complexity index is 1420. The number of hydrogen-bond donors (Lipinski definition) is 8. The average Bonchev–Trinajstić information content (AvgIpc) is 2.94. The van der Waals surface area contributed by atoms with E-state index in [0.29, 0.717) is 5.56 Å². The zero-order valence-corrected chi connectivity index (χ0v) is 21.5. The Morgan fingerprint density at radius 2 is 1.56 bits per heavy atom. The molecule has 41 heavy (non-hydrogen) atoms. The number of fused-ring (bicyclic) bond motifs is 1. The van der Waals surface area contributed by atoms with Crippen molar-refractivity contribution in [2.24, 2.45) is 0 Å². The van der Waals surface area contributed by atoms with E-state index in [-0.39, 0.29) is 28.0 Å². The molecule has 0 aliphatic carbocycles. The molecule has 2 aromatic carbocycles. The quantitative estimate of drug-likeness (QED) is 0.174. The number of phenolic OH excluding ortho intramolecular Hbond substituents is 2. The monoisotopic (exact) mass is 578 g/mol.